The molecule has 7 nitrogen and oxygen atoms in total. The van der Waals surface area contributed by atoms with Crippen LogP contribution >= 0.6 is 0 Å². The molecule has 3 fully saturated rings. The number of cyclic esters (lactones) is 1. The summed E-state index contributed by atoms with van der Waals surface area (Å²) < 4.78 is 22.9. The summed E-state index contributed by atoms with van der Waals surface area (Å²) in [6, 6.07) is 1.81. The Morgan fingerprint density at radius 2 is 2.06 bits per heavy atom. The molecule has 7 heteroatoms. The maximum atomic E-state index is 13.2. The molecule has 2 saturated heterocycles. The van der Waals surface area contributed by atoms with E-state index >= 15 is 0 Å². The summed E-state index contributed by atoms with van der Waals surface area (Å²) in [4.78, 5) is 25.8. The van der Waals surface area contributed by atoms with Crippen LogP contribution in [0.2, 0.25) is 0 Å². The van der Waals surface area contributed by atoms with Crippen molar-refractivity contribution >= 4 is 11.9 Å². The second-order valence-electron chi connectivity index (χ2n) is 10.3. The van der Waals surface area contributed by atoms with Crippen molar-refractivity contribution in [3.8, 4) is 0 Å². The SMILES string of the molecule is C/C=C(/C)C(=O)O[C@H]1C[C@@H](C)[C@@H]2C[C@H](c3ccoc3)OC(=O)[C@]23O[C@@H]3CCC(C)(C)[C@@H]1O. The predicted molar refractivity (Wildman–Crippen MR) is 115 cm³/mol. The van der Waals surface area contributed by atoms with Crippen molar-refractivity contribution in [2.45, 2.75) is 90.3 Å². The maximum absolute atomic E-state index is 13.2. The highest BCUT2D eigenvalue weighted by molar-refractivity contribution is 5.87. The number of aliphatic hydroxyl groups is 1. The molecule has 3 heterocycles. The Labute approximate surface area is 189 Å². The Morgan fingerprint density at radius 3 is 2.72 bits per heavy atom. The molecule has 0 unspecified atom stereocenters. The molecule has 1 spiro atoms. The number of epoxide rings is 1. The number of hydrogen-bond donors (Lipinski definition) is 1. The fraction of sp³-hybridized carbons (Fsp3) is 0.680. The van der Waals surface area contributed by atoms with Crippen LogP contribution in [0.15, 0.2) is 34.7 Å². The average Bonchev–Trinajstić information content (AvgIpc) is 3.20. The van der Waals surface area contributed by atoms with Crippen molar-refractivity contribution in [2.75, 3.05) is 0 Å². The van der Waals surface area contributed by atoms with E-state index in [1.165, 1.54) is 0 Å². The zero-order chi connectivity index (χ0) is 23.3. The summed E-state index contributed by atoms with van der Waals surface area (Å²) in [7, 11) is 0. The minimum atomic E-state index is -0.953. The minimum absolute atomic E-state index is 0.0467. The van der Waals surface area contributed by atoms with Crippen molar-refractivity contribution in [3.05, 3.63) is 35.8 Å². The topological polar surface area (TPSA) is 98.5 Å². The van der Waals surface area contributed by atoms with Gasteiger partial charge in [0.15, 0.2) is 5.60 Å². The first-order valence-corrected chi connectivity index (χ1v) is 11.5. The molecule has 7 atom stereocenters. The molecule has 3 aliphatic rings. The lowest BCUT2D eigenvalue weighted by atomic mass is 9.68. The molecule has 0 aromatic carbocycles. The summed E-state index contributed by atoms with van der Waals surface area (Å²) >= 11 is 0. The summed E-state index contributed by atoms with van der Waals surface area (Å²) in [6.45, 7) is 9.46. The minimum Gasteiger partial charge on any atom is -0.472 e. The van der Waals surface area contributed by atoms with Gasteiger partial charge < -0.3 is 23.7 Å². The van der Waals surface area contributed by atoms with Crippen LogP contribution in [0.4, 0.5) is 0 Å². The third-order valence-corrected chi connectivity index (χ3v) is 7.77. The van der Waals surface area contributed by atoms with Crippen molar-refractivity contribution < 1.29 is 33.3 Å². The van der Waals surface area contributed by atoms with Gasteiger partial charge in [-0.2, -0.15) is 0 Å². The fourth-order valence-corrected chi connectivity index (χ4v) is 5.40. The number of esters is 2. The molecule has 32 heavy (non-hydrogen) atoms. The zero-order valence-corrected chi connectivity index (χ0v) is 19.5. The lowest BCUT2D eigenvalue weighted by Crippen LogP contribution is -2.50. The first-order chi connectivity index (χ1) is 15.1. The number of aliphatic hydroxyl groups excluding tert-OH is 1. The number of rotatable bonds is 3. The second kappa shape index (κ2) is 8.34. The van der Waals surface area contributed by atoms with Crippen molar-refractivity contribution in [1.82, 2.24) is 0 Å². The standard InChI is InChI=1S/C25H34O7/c1-6-14(2)22(27)30-19-11-15(3)17-12-18(16-8-10-29-13-16)31-23(28)25(17)20(32-25)7-9-24(4,5)21(19)26/h6,8,10,13,15,17-21,26H,7,9,11-12H2,1-5H3/b14-6-/t15-,17+,18-,19+,20-,21-,25+/m1/s1. The molecule has 0 bridgehead atoms. The van der Waals surface area contributed by atoms with Gasteiger partial charge in [0.25, 0.3) is 0 Å². The normalized spacial score (nSPS) is 39.3. The molecule has 1 aromatic heterocycles. The van der Waals surface area contributed by atoms with Gasteiger partial charge in [-0.1, -0.05) is 26.8 Å². The third kappa shape index (κ3) is 3.90. The van der Waals surface area contributed by atoms with E-state index in [0.29, 0.717) is 31.3 Å². The van der Waals surface area contributed by atoms with Crippen molar-refractivity contribution in [3.63, 3.8) is 0 Å². The van der Waals surface area contributed by atoms with Gasteiger partial charge in [0.1, 0.15) is 12.2 Å². The number of allylic oxidation sites excluding steroid dienone is 1. The van der Waals surface area contributed by atoms with Crippen LogP contribution in [0, 0.1) is 17.3 Å². The Bertz CT molecular complexity index is 886. The van der Waals surface area contributed by atoms with E-state index in [0.717, 1.165) is 5.56 Å². The highest BCUT2D eigenvalue weighted by atomic mass is 16.7. The first kappa shape index (κ1) is 23.1. The number of ether oxygens (including phenoxy) is 3. The molecule has 1 N–H and O–H groups in total. The van der Waals surface area contributed by atoms with Gasteiger partial charge in [0.2, 0.25) is 0 Å². The molecular weight excluding hydrogens is 412 g/mol. The van der Waals surface area contributed by atoms with Crippen LogP contribution in [-0.4, -0.2) is 41.0 Å². The molecule has 1 saturated carbocycles. The van der Waals surface area contributed by atoms with E-state index in [2.05, 4.69) is 0 Å². The number of hydrogen-bond acceptors (Lipinski definition) is 7. The Kier molecular flexibility index (Phi) is 6.01. The van der Waals surface area contributed by atoms with Gasteiger partial charge in [-0.15, -0.1) is 0 Å². The van der Waals surface area contributed by atoms with Gasteiger partial charge in [0.05, 0.1) is 24.7 Å². The fourth-order valence-electron chi connectivity index (χ4n) is 5.40. The Balaban J connectivity index is 1.64. The van der Waals surface area contributed by atoms with Crippen LogP contribution in [0.25, 0.3) is 0 Å². The number of carbonyl (C=O) groups excluding carboxylic acids is 2. The van der Waals surface area contributed by atoms with Crippen LogP contribution in [-0.2, 0) is 23.8 Å². The molecule has 1 aromatic rings. The van der Waals surface area contributed by atoms with Crippen LogP contribution < -0.4 is 0 Å². The number of furan rings is 1. The monoisotopic (exact) mass is 446 g/mol. The van der Waals surface area contributed by atoms with Crippen LogP contribution in [0.1, 0.15) is 72.0 Å². The van der Waals surface area contributed by atoms with Crippen molar-refractivity contribution in [2.24, 2.45) is 17.3 Å². The molecule has 4 rings (SSSR count). The highest BCUT2D eigenvalue weighted by Gasteiger charge is 2.71. The van der Waals surface area contributed by atoms with E-state index in [4.69, 9.17) is 18.6 Å². The second-order valence-corrected chi connectivity index (χ2v) is 10.3. The van der Waals surface area contributed by atoms with Gasteiger partial charge >= 0.3 is 11.9 Å². The third-order valence-electron chi connectivity index (χ3n) is 7.77. The van der Waals surface area contributed by atoms with E-state index in [-0.39, 0.29) is 23.9 Å². The van der Waals surface area contributed by atoms with Crippen LogP contribution in [0.5, 0.6) is 0 Å². The average molecular weight is 447 g/mol. The van der Waals surface area contributed by atoms with Gasteiger partial charge in [0, 0.05) is 17.1 Å². The van der Waals surface area contributed by atoms with Gasteiger partial charge in [-0.3, -0.25) is 0 Å². The molecule has 176 valence electrons. The maximum Gasteiger partial charge on any atom is 0.342 e. The molecular formula is C25H34O7. The smallest absolute Gasteiger partial charge is 0.342 e. The lowest BCUT2D eigenvalue weighted by molar-refractivity contribution is -0.173. The molecule has 0 radical (unpaired) electrons. The van der Waals surface area contributed by atoms with Crippen molar-refractivity contribution in [1.29, 1.82) is 0 Å². The summed E-state index contributed by atoms with van der Waals surface area (Å²) in [5.74, 6) is -0.916. The summed E-state index contributed by atoms with van der Waals surface area (Å²) in [5.41, 5.74) is -0.135. The molecule has 1 aliphatic carbocycles. The van der Waals surface area contributed by atoms with E-state index in [1.807, 2.05) is 26.8 Å². The zero-order valence-electron chi connectivity index (χ0n) is 19.5. The lowest BCUT2D eigenvalue weighted by Gasteiger charge is -2.42. The van der Waals surface area contributed by atoms with E-state index in [9.17, 15) is 14.7 Å². The Hall–Kier alpha value is -2.12. The Morgan fingerprint density at radius 1 is 1.31 bits per heavy atom. The largest absolute Gasteiger partial charge is 0.472 e. The summed E-state index contributed by atoms with van der Waals surface area (Å²) in [5, 5.41) is 11.2. The predicted octanol–water partition coefficient (Wildman–Crippen LogP) is 4.11. The van der Waals surface area contributed by atoms with E-state index in [1.54, 1.807) is 32.4 Å². The van der Waals surface area contributed by atoms with Gasteiger partial charge in [-0.25, -0.2) is 9.59 Å². The summed E-state index contributed by atoms with van der Waals surface area (Å²) in [6.07, 6.45) is 5.03. The van der Waals surface area contributed by atoms with E-state index < -0.39 is 35.3 Å². The molecule has 2 aliphatic heterocycles. The molecule has 0 amide bonds. The number of carbonyl (C=O) groups is 2. The van der Waals surface area contributed by atoms with Gasteiger partial charge in [-0.05, 0) is 56.9 Å². The highest BCUT2D eigenvalue weighted by Crippen LogP contribution is 2.57. The quantitative estimate of drug-likeness (QED) is 0.424. The van der Waals surface area contributed by atoms with Crippen LogP contribution in [0.3, 0.4) is 0 Å². The first-order valence-electron chi connectivity index (χ1n) is 11.5.